The Bertz CT molecular complexity index is 616. The Hall–Kier alpha value is -1.37. The van der Waals surface area contributed by atoms with Gasteiger partial charge in [0.2, 0.25) is 0 Å². The molecular weight excluding hydrogens is 348 g/mol. The van der Waals surface area contributed by atoms with E-state index in [0.717, 1.165) is 5.56 Å². The van der Waals surface area contributed by atoms with E-state index in [4.69, 9.17) is 16.3 Å². The summed E-state index contributed by atoms with van der Waals surface area (Å²) in [5.41, 5.74) is -0.0555. The molecule has 3 N–H and O–H groups in total. The second-order valence-electron chi connectivity index (χ2n) is 6.68. The highest BCUT2D eigenvalue weighted by atomic mass is 35.5. The number of ether oxygens (including phenoxy) is 1. The van der Waals surface area contributed by atoms with Crippen LogP contribution in [0.5, 0.6) is 0 Å². The molecule has 1 aliphatic heterocycles. The van der Waals surface area contributed by atoms with Gasteiger partial charge in [-0.05, 0) is 26.3 Å². The molecule has 24 heavy (non-hydrogen) atoms. The lowest BCUT2D eigenvalue weighted by Gasteiger charge is -2.22. The van der Waals surface area contributed by atoms with Crippen LogP contribution >= 0.6 is 23.4 Å². The van der Waals surface area contributed by atoms with Crippen LogP contribution in [0.2, 0.25) is 0 Å². The first kappa shape index (κ1) is 19.0. The number of alkyl carbamates (subject to hydrolysis) is 1. The predicted molar refractivity (Wildman–Crippen MR) is 97.8 cm³/mol. The van der Waals surface area contributed by atoms with Crippen LogP contribution in [0, 0.1) is 0 Å². The van der Waals surface area contributed by atoms with Gasteiger partial charge in [0, 0.05) is 12.2 Å². The van der Waals surface area contributed by atoms with Gasteiger partial charge in [-0.2, -0.15) is 0 Å². The predicted octanol–water partition coefficient (Wildman–Crippen LogP) is 3.19. The van der Waals surface area contributed by atoms with Crippen molar-refractivity contribution in [3.05, 3.63) is 46.6 Å². The third-order valence-electron chi connectivity index (χ3n) is 3.17. The molecule has 132 valence electrons. The molecule has 1 amide bonds. The second-order valence-corrected chi connectivity index (χ2v) is 7.93. The highest BCUT2D eigenvalue weighted by Crippen LogP contribution is 2.31. The number of aliphatic hydroxyl groups is 1. The number of carbonyl (C=O) groups excluding carboxylic acids is 1. The van der Waals surface area contributed by atoms with Crippen molar-refractivity contribution in [1.29, 1.82) is 0 Å². The number of amides is 1. The number of thioether (sulfide) groups is 1. The highest BCUT2D eigenvalue weighted by Gasteiger charge is 2.35. The molecule has 1 unspecified atom stereocenters. The zero-order chi connectivity index (χ0) is 17.8. The first-order valence-corrected chi connectivity index (χ1v) is 9.19. The monoisotopic (exact) mass is 370 g/mol. The lowest BCUT2D eigenvalue weighted by atomic mass is 10.1. The summed E-state index contributed by atoms with van der Waals surface area (Å²) in [4.78, 5) is 12.2. The van der Waals surface area contributed by atoms with Crippen LogP contribution < -0.4 is 10.6 Å². The lowest BCUT2D eigenvalue weighted by molar-refractivity contribution is 0.0538. The summed E-state index contributed by atoms with van der Waals surface area (Å²) in [7, 11) is 0. The van der Waals surface area contributed by atoms with E-state index in [2.05, 4.69) is 10.6 Å². The first-order valence-electron chi connectivity index (χ1n) is 7.67. The fourth-order valence-corrected chi connectivity index (χ4v) is 3.51. The van der Waals surface area contributed by atoms with E-state index < -0.39 is 17.4 Å². The average Bonchev–Trinajstić information content (AvgIpc) is 2.89. The van der Waals surface area contributed by atoms with Crippen molar-refractivity contribution >= 4 is 29.5 Å². The molecule has 1 saturated heterocycles. The van der Waals surface area contributed by atoms with E-state index >= 15 is 0 Å². The standard InChI is InChI=1S/C17H23ClN2O3S/c1-16(2,3)23-15(21)19-13(9-12-7-5-4-6-8-12)14-20-17(22,10-18)11-24-14/h4-8,20,22H,9-11H2,1-3H3,(H,19,21)/b14-13+. The Labute approximate surface area is 151 Å². The van der Waals surface area contributed by atoms with Crippen LogP contribution in [0.15, 0.2) is 41.1 Å². The van der Waals surface area contributed by atoms with Gasteiger partial charge < -0.3 is 15.2 Å². The summed E-state index contributed by atoms with van der Waals surface area (Å²) < 4.78 is 5.33. The molecule has 1 aromatic rings. The van der Waals surface area contributed by atoms with Crippen LogP contribution in [0.4, 0.5) is 4.79 Å². The maximum atomic E-state index is 12.2. The van der Waals surface area contributed by atoms with Gasteiger partial charge in [-0.15, -0.1) is 23.4 Å². The minimum Gasteiger partial charge on any atom is -0.444 e. The van der Waals surface area contributed by atoms with E-state index in [1.54, 1.807) is 0 Å². The number of benzene rings is 1. The molecule has 1 fully saturated rings. The van der Waals surface area contributed by atoms with Crippen LogP contribution in [0.25, 0.3) is 0 Å². The molecule has 1 aliphatic rings. The largest absolute Gasteiger partial charge is 0.444 e. The molecule has 2 rings (SSSR count). The molecule has 5 nitrogen and oxygen atoms in total. The topological polar surface area (TPSA) is 70.6 Å². The molecule has 7 heteroatoms. The number of halogens is 1. The van der Waals surface area contributed by atoms with Crippen molar-refractivity contribution in [1.82, 2.24) is 10.6 Å². The third kappa shape index (κ3) is 5.61. The molecule has 0 bridgehead atoms. The maximum Gasteiger partial charge on any atom is 0.411 e. The number of alkyl halides is 1. The average molecular weight is 371 g/mol. The van der Waals surface area contributed by atoms with Crippen LogP contribution in [0.3, 0.4) is 0 Å². The van der Waals surface area contributed by atoms with Crippen molar-refractivity contribution < 1.29 is 14.6 Å². The van der Waals surface area contributed by atoms with E-state index in [1.165, 1.54) is 11.8 Å². The van der Waals surface area contributed by atoms with Gasteiger partial charge in [-0.3, -0.25) is 5.32 Å². The zero-order valence-electron chi connectivity index (χ0n) is 14.1. The number of rotatable bonds is 4. The van der Waals surface area contributed by atoms with Gasteiger partial charge in [0.25, 0.3) is 0 Å². The number of hydrogen-bond acceptors (Lipinski definition) is 5. The Morgan fingerprint density at radius 2 is 2.08 bits per heavy atom. The fraction of sp³-hybridized carbons (Fsp3) is 0.471. The fourth-order valence-electron chi connectivity index (χ4n) is 2.12. The van der Waals surface area contributed by atoms with E-state index in [-0.39, 0.29) is 5.88 Å². The van der Waals surface area contributed by atoms with Crippen molar-refractivity contribution in [3.8, 4) is 0 Å². The highest BCUT2D eigenvalue weighted by molar-refractivity contribution is 8.03. The molecule has 0 saturated carbocycles. The van der Waals surface area contributed by atoms with E-state index in [9.17, 15) is 9.90 Å². The van der Waals surface area contributed by atoms with Gasteiger partial charge >= 0.3 is 6.09 Å². The molecular formula is C17H23ClN2O3S. The molecule has 1 heterocycles. The Balaban J connectivity index is 2.21. The molecule has 0 aromatic heterocycles. The van der Waals surface area contributed by atoms with Crippen LogP contribution in [0.1, 0.15) is 26.3 Å². The summed E-state index contributed by atoms with van der Waals surface area (Å²) in [6.07, 6.45) is -0.0158. The van der Waals surface area contributed by atoms with Gasteiger partial charge in [0.15, 0.2) is 5.72 Å². The molecule has 1 aromatic carbocycles. The Kier molecular flexibility index (Phi) is 6.06. The molecule has 0 aliphatic carbocycles. The molecule has 0 radical (unpaired) electrons. The Morgan fingerprint density at radius 3 is 2.62 bits per heavy atom. The summed E-state index contributed by atoms with van der Waals surface area (Å²) in [6.45, 7) is 5.43. The quantitative estimate of drug-likeness (QED) is 0.710. The summed E-state index contributed by atoms with van der Waals surface area (Å²) in [5.74, 6) is 0.481. The van der Waals surface area contributed by atoms with Crippen molar-refractivity contribution in [2.75, 3.05) is 11.6 Å². The number of nitrogens with one attached hydrogen (secondary N) is 2. The maximum absolute atomic E-state index is 12.2. The van der Waals surface area contributed by atoms with Crippen LogP contribution in [-0.4, -0.2) is 34.2 Å². The molecule has 0 spiro atoms. The number of hydrogen-bond donors (Lipinski definition) is 3. The first-order chi connectivity index (χ1) is 11.2. The lowest BCUT2D eigenvalue weighted by Crippen LogP contribution is -2.44. The SMILES string of the molecule is CC(C)(C)OC(=O)N/C(Cc1ccccc1)=C1\NC(O)(CCl)CS1. The Morgan fingerprint density at radius 1 is 1.42 bits per heavy atom. The minimum atomic E-state index is -1.17. The smallest absolute Gasteiger partial charge is 0.411 e. The minimum absolute atomic E-state index is 0.0640. The van der Waals surface area contributed by atoms with Crippen molar-refractivity contribution in [2.24, 2.45) is 0 Å². The van der Waals surface area contributed by atoms with Gasteiger partial charge in [0.05, 0.1) is 16.6 Å². The molecule has 1 atom stereocenters. The normalized spacial score (nSPS) is 22.7. The van der Waals surface area contributed by atoms with Crippen molar-refractivity contribution in [3.63, 3.8) is 0 Å². The van der Waals surface area contributed by atoms with Crippen LogP contribution in [-0.2, 0) is 11.2 Å². The third-order valence-corrected chi connectivity index (χ3v) is 4.87. The zero-order valence-corrected chi connectivity index (χ0v) is 15.6. The number of carbonyl (C=O) groups is 1. The second kappa shape index (κ2) is 7.68. The summed E-state index contributed by atoms with van der Waals surface area (Å²) in [6, 6.07) is 9.77. The number of allylic oxidation sites excluding steroid dienone is 1. The van der Waals surface area contributed by atoms with Crippen molar-refractivity contribution in [2.45, 2.75) is 38.5 Å². The van der Waals surface area contributed by atoms with Gasteiger partial charge in [0.1, 0.15) is 5.60 Å². The van der Waals surface area contributed by atoms with E-state index in [0.29, 0.717) is 22.9 Å². The summed E-state index contributed by atoms with van der Waals surface area (Å²) >= 11 is 7.24. The summed E-state index contributed by atoms with van der Waals surface area (Å²) in [5, 5.41) is 16.8. The van der Waals surface area contributed by atoms with E-state index in [1.807, 2.05) is 51.1 Å². The van der Waals surface area contributed by atoms with Gasteiger partial charge in [-0.1, -0.05) is 30.3 Å². The van der Waals surface area contributed by atoms with Gasteiger partial charge in [-0.25, -0.2) is 4.79 Å².